The van der Waals surface area contributed by atoms with Gasteiger partial charge in [0.05, 0.1) is 9.37 Å². The Bertz CT molecular complexity index is 459. The van der Waals surface area contributed by atoms with Crippen molar-refractivity contribution in [3.05, 3.63) is 28.0 Å². The number of nitrogens with one attached hydrogen (secondary N) is 1. The monoisotopic (exact) mass is 281 g/mol. The molecule has 0 atom stereocenters. The van der Waals surface area contributed by atoms with E-state index >= 15 is 0 Å². The van der Waals surface area contributed by atoms with Gasteiger partial charge in [-0.1, -0.05) is 0 Å². The van der Waals surface area contributed by atoms with Crippen LogP contribution in [0.15, 0.2) is 21.5 Å². The van der Waals surface area contributed by atoms with Crippen LogP contribution in [-0.2, 0) is 10.0 Å². The van der Waals surface area contributed by atoms with Crippen LogP contribution in [0.1, 0.15) is 5.56 Å². The molecule has 0 radical (unpaired) electrons. The zero-order valence-corrected chi connectivity index (χ0v) is 10.0. The third-order valence-electron chi connectivity index (χ3n) is 1.78. The van der Waals surface area contributed by atoms with Crippen LogP contribution in [0.3, 0.4) is 0 Å². The van der Waals surface area contributed by atoms with Crippen molar-refractivity contribution in [2.75, 3.05) is 7.05 Å². The lowest BCUT2D eigenvalue weighted by Crippen LogP contribution is -2.19. The highest BCUT2D eigenvalue weighted by molar-refractivity contribution is 9.10. The summed E-state index contributed by atoms with van der Waals surface area (Å²) in [4.78, 5) is -0.0410. The lowest BCUT2D eigenvalue weighted by Gasteiger charge is -2.07. The Hall–Kier alpha value is -0.460. The van der Waals surface area contributed by atoms with Crippen molar-refractivity contribution in [3.63, 3.8) is 0 Å². The van der Waals surface area contributed by atoms with Gasteiger partial charge < -0.3 is 0 Å². The Morgan fingerprint density at radius 3 is 2.50 bits per heavy atom. The molecule has 1 aromatic carbocycles. The summed E-state index contributed by atoms with van der Waals surface area (Å²) in [6, 6.07) is 2.42. The van der Waals surface area contributed by atoms with Crippen LogP contribution < -0.4 is 4.72 Å². The van der Waals surface area contributed by atoms with Crippen molar-refractivity contribution in [1.29, 1.82) is 0 Å². The van der Waals surface area contributed by atoms with Gasteiger partial charge in [0.2, 0.25) is 10.0 Å². The van der Waals surface area contributed by atoms with E-state index in [9.17, 15) is 12.8 Å². The molecular weight excluding hydrogens is 273 g/mol. The van der Waals surface area contributed by atoms with Crippen molar-refractivity contribution < 1.29 is 12.8 Å². The maximum atomic E-state index is 13.1. The van der Waals surface area contributed by atoms with E-state index in [1.165, 1.54) is 13.1 Å². The number of hydrogen-bond acceptors (Lipinski definition) is 2. The molecule has 0 bridgehead atoms. The minimum atomic E-state index is -3.58. The van der Waals surface area contributed by atoms with Gasteiger partial charge in [-0.05, 0) is 47.6 Å². The molecule has 0 saturated heterocycles. The van der Waals surface area contributed by atoms with Crippen LogP contribution in [0.25, 0.3) is 0 Å². The minimum Gasteiger partial charge on any atom is -0.214 e. The van der Waals surface area contributed by atoms with Crippen molar-refractivity contribution in [2.24, 2.45) is 0 Å². The standard InChI is InChI=1S/C8H9BrFNO2S/c1-5-3-6(9)7(10)4-8(5)14(12,13)11-2/h3-4,11H,1-2H3. The van der Waals surface area contributed by atoms with Gasteiger partial charge in [-0.15, -0.1) is 0 Å². The number of aryl methyl sites for hydroxylation is 1. The number of sulfonamides is 1. The lowest BCUT2D eigenvalue weighted by atomic mass is 10.2. The summed E-state index contributed by atoms with van der Waals surface area (Å²) in [5.41, 5.74) is 0.493. The van der Waals surface area contributed by atoms with E-state index < -0.39 is 15.8 Å². The van der Waals surface area contributed by atoms with Gasteiger partial charge in [0.1, 0.15) is 5.82 Å². The van der Waals surface area contributed by atoms with Crippen molar-refractivity contribution >= 4 is 26.0 Å². The first-order chi connectivity index (χ1) is 6.38. The first-order valence-corrected chi connectivity index (χ1v) is 6.05. The molecule has 0 fully saturated rings. The van der Waals surface area contributed by atoms with Crippen LogP contribution in [0.4, 0.5) is 4.39 Å². The normalized spacial score (nSPS) is 11.7. The molecule has 3 nitrogen and oxygen atoms in total. The molecular formula is C8H9BrFNO2S. The molecule has 0 heterocycles. The number of rotatable bonds is 2. The second-order valence-electron chi connectivity index (χ2n) is 2.74. The molecule has 0 unspecified atom stereocenters. The molecule has 0 spiro atoms. The summed E-state index contributed by atoms with van der Waals surface area (Å²) in [5, 5.41) is 0. The predicted octanol–water partition coefficient (Wildman–Crippen LogP) is 1.80. The Balaban J connectivity index is 3.45. The van der Waals surface area contributed by atoms with Gasteiger partial charge in [0, 0.05) is 0 Å². The number of benzene rings is 1. The van der Waals surface area contributed by atoms with Gasteiger partial charge in [0.25, 0.3) is 0 Å². The summed E-state index contributed by atoms with van der Waals surface area (Å²) >= 11 is 2.98. The summed E-state index contributed by atoms with van der Waals surface area (Å²) < 4.78 is 38.3. The molecule has 0 aliphatic heterocycles. The molecule has 0 aliphatic rings. The van der Waals surface area contributed by atoms with Gasteiger partial charge in [0.15, 0.2) is 0 Å². The molecule has 14 heavy (non-hydrogen) atoms. The highest BCUT2D eigenvalue weighted by atomic mass is 79.9. The molecule has 0 aliphatic carbocycles. The zero-order chi connectivity index (χ0) is 10.9. The maximum absolute atomic E-state index is 13.1. The van der Waals surface area contributed by atoms with Crippen LogP contribution in [-0.4, -0.2) is 15.5 Å². The average molecular weight is 282 g/mol. The van der Waals surface area contributed by atoms with Crippen LogP contribution in [0, 0.1) is 12.7 Å². The quantitative estimate of drug-likeness (QED) is 0.899. The van der Waals surface area contributed by atoms with Crippen LogP contribution >= 0.6 is 15.9 Å². The van der Waals surface area contributed by atoms with E-state index in [4.69, 9.17) is 0 Å². The van der Waals surface area contributed by atoms with E-state index in [0.29, 0.717) is 5.56 Å². The Labute approximate surface area is 90.5 Å². The predicted molar refractivity (Wildman–Crippen MR) is 55.1 cm³/mol. The number of hydrogen-bond donors (Lipinski definition) is 1. The third kappa shape index (κ3) is 2.13. The number of halogens is 2. The van der Waals surface area contributed by atoms with E-state index in [-0.39, 0.29) is 9.37 Å². The second-order valence-corrected chi connectivity index (χ2v) is 5.45. The first kappa shape index (κ1) is 11.6. The Morgan fingerprint density at radius 1 is 1.43 bits per heavy atom. The fourth-order valence-corrected chi connectivity index (χ4v) is 2.45. The van der Waals surface area contributed by atoms with Gasteiger partial charge in [-0.2, -0.15) is 0 Å². The average Bonchev–Trinajstić information content (AvgIpc) is 2.11. The Morgan fingerprint density at radius 2 is 2.00 bits per heavy atom. The zero-order valence-electron chi connectivity index (χ0n) is 7.64. The molecule has 0 amide bonds. The second kappa shape index (κ2) is 3.96. The Kier molecular flexibility index (Phi) is 3.28. The van der Waals surface area contributed by atoms with Crippen molar-refractivity contribution in [2.45, 2.75) is 11.8 Å². The topological polar surface area (TPSA) is 46.2 Å². The summed E-state index contributed by atoms with van der Waals surface area (Å²) in [5.74, 6) is -0.593. The van der Waals surface area contributed by atoms with Crippen LogP contribution in [0.5, 0.6) is 0 Å². The largest absolute Gasteiger partial charge is 0.240 e. The van der Waals surface area contributed by atoms with E-state index in [2.05, 4.69) is 20.7 Å². The summed E-state index contributed by atoms with van der Waals surface area (Å²) in [6.45, 7) is 1.61. The highest BCUT2D eigenvalue weighted by Gasteiger charge is 2.16. The summed E-state index contributed by atoms with van der Waals surface area (Å²) in [6.07, 6.45) is 0. The van der Waals surface area contributed by atoms with Crippen molar-refractivity contribution in [3.8, 4) is 0 Å². The smallest absolute Gasteiger partial charge is 0.214 e. The molecule has 78 valence electrons. The van der Waals surface area contributed by atoms with E-state index in [1.807, 2.05) is 0 Å². The van der Waals surface area contributed by atoms with Gasteiger partial charge in [-0.3, -0.25) is 0 Å². The van der Waals surface area contributed by atoms with E-state index in [1.54, 1.807) is 6.92 Å². The lowest BCUT2D eigenvalue weighted by molar-refractivity contribution is 0.581. The van der Waals surface area contributed by atoms with Crippen molar-refractivity contribution in [1.82, 2.24) is 4.72 Å². The molecule has 1 N–H and O–H groups in total. The third-order valence-corrected chi connectivity index (χ3v) is 3.94. The first-order valence-electron chi connectivity index (χ1n) is 3.77. The SMILES string of the molecule is CNS(=O)(=O)c1cc(F)c(Br)cc1C. The fourth-order valence-electron chi connectivity index (χ4n) is 1.03. The maximum Gasteiger partial charge on any atom is 0.240 e. The highest BCUT2D eigenvalue weighted by Crippen LogP contribution is 2.23. The van der Waals surface area contributed by atoms with Gasteiger partial charge >= 0.3 is 0 Å². The minimum absolute atomic E-state index is 0.0410. The van der Waals surface area contributed by atoms with Crippen LogP contribution in [0.2, 0.25) is 0 Å². The molecule has 0 aromatic heterocycles. The molecule has 6 heteroatoms. The van der Waals surface area contributed by atoms with Gasteiger partial charge in [-0.25, -0.2) is 17.5 Å². The summed E-state index contributed by atoms with van der Waals surface area (Å²) in [7, 11) is -2.29. The molecule has 1 aromatic rings. The van der Waals surface area contributed by atoms with E-state index in [0.717, 1.165) is 6.07 Å². The molecule has 0 saturated carbocycles. The molecule has 1 rings (SSSR count). The fraction of sp³-hybridized carbons (Fsp3) is 0.250.